The van der Waals surface area contributed by atoms with Crippen LogP contribution in [0.25, 0.3) is 0 Å². The zero-order chi connectivity index (χ0) is 33.8. The number of amides is 1. The van der Waals surface area contributed by atoms with E-state index in [1.807, 2.05) is 24.3 Å². The van der Waals surface area contributed by atoms with Gasteiger partial charge in [-0.1, -0.05) is 47.6 Å². The molecule has 0 aliphatic carbocycles. The molecule has 0 spiro atoms. The lowest BCUT2D eigenvalue weighted by molar-refractivity contribution is -0.161. The molecule has 12 nitrogen and oxygen atoms in total. The summed E-state index contributed by atoms with van der Waals surface area (Å²) in [5.41, 5.74) is 1.67. The Balaban J connectivity index is 1.43. The number of fused-ring (bicyclic) bond motifs is 1. The van der Waals surface area contributed by atoms with Crippen LogP contribution in [-0.2, 0) is 28.3 Å². The maximum Gasteiger partial charge on any atom is 0.471 e. The number of hydrogen-bond acceptors (Lipinski definition) is 10. The molecule has 1 fully saturated rings. The van der Waals surface area contributed by atoms with E-state index in [1.165, 1.54) is 24.1 Å². The van der Waals surface area contributed by atoms with E-state index in [1.54, 1.807) is 37.4 Å². The van der Waals surface area contributed by atoms with E-state index < -0.39 is 30.7 Å². The lowest BCUT2D eigenvalue weighted by Crippen LogP contribution is -2.52. The minimum Gasteiger partial charge on any atom is -0.497 e. The number of rotatable bonds is 11. The smallest absolute Gasteiger partial charge is 0.471 e. The first-order valence-corrected chi connectivity index (χ1v) is 17.6. The molecule has 0 aromatic heterocycles. The van der Waals surface area contributed by atoms with Gasteiger partial charge in [0.1, 0.15) is 11.5 Å². The fraction of sp³-hybridized carbons (Fsp3) is 0.375. The number of halogens is 1. The normalized spacial score (nSPS) is 20.4. The lowest BCUT2D eigenvalue weighted by atomic mass is 10.0. The molecule has 15 heteroatoms. The Labute approximate surface area is 282 Å². The van der Waals surface area contributed by atoms with Gasteiger partial charge in [0.15, 0.2) is 0 Å². The van der Waals surface area contributed by atoms with Crippen molar-refractivity contribution in [2.24, 2.45) is 0 Å². The maximum atomic E-state index is 14.5. The largest absolute Gasteiger partial charge is 0.497 e. The highest BCUT2D eigenvalue weighted by Gasteiger charge is 2.56. The number of ether oxygens (including phenoxy) is 3. The summed E-state index contributed by atoms with van der Waals surface area (Å²) in [7, 11) is -2.16. The summed E-state index contributed by atoms with van der Waals surface area (Å²) in [4.78, 5) is 51.5. The van der Waals surface area contributed by atoms with Gasteiger partial charge in [0.25, 0.3) is 5.91 Å². The molecule has 3 aromatic carbocycles. The molecule has 1 unspecified atom stereocenters. The summed E-state index contributed by atoms with van der Waals surface area (Å²) >= 11 is 7.24. The molecule has 2 aliphatic heterocycles. The second kappa shape index (κ2) is 14.9. The van der Waals surface area contributed by atoms with Gasteiger partial charge < -0.3 is 33.8 Å². The van der Waals surface area contributed by atoms with Crippen LogP contribution in [0.2, 0.25) is 5.02 Å². The highest BCUT2D eigenvalue weighted by molar-refractivity contribution is 8.00. The molecule has 3 aromatic rings. The number of piperazine rings is 1. The molecule has 1 amide bonds. The van der Waals surface area contributed by atoms with E-state index in [2.05, 4.69) is 9.80 Å². The summed E-state index contributed by atoms with van der Waals surface area (Å²) in [6, 6.07) is 19.0. The van der Waals surface area contributed by atoms with Crippen LogP contribution in [0.5, 0.6) is 11.5 Å². The quantitative estimate of drug-likeness (QED) is 0.207. The van der Waals surface area contributed by atoms with E-state index in [-0.39, 0.29) is 12.1 Å². The van der Waals surface area contributed by atoms with Crippen molar-refractivity contribution < 1.29 is 42.7 Å². The Morgan fingerprint density at radius 1 is 0.979 bits per heavy atom. The van der Waals surface area contributed by atoms with Gasteiger partial charge in [-0.15, -0.1) is 0 Å². The minimum absolute atomic E-state index is 0.173. The second-order valence-electron chi connectivity index (χ2n) is 11.0. The molecule has 252 valence electrons. The van der Waals surface area contributed by atoms with Gasteiger partial charge in [-0.3, -0.25) is 19.0 Å². The fourth-order valence-corrected chi connectivity index (χ4v) is 8.38. The van der Waals surface area contributed by atoms with Crippen LogP contribution >= 0.6 is 31.2 Å². The number of anilines is 2. The first kappa shape index (κ1) is 35.0. The van der Waals surface area contributed by atoms with Gasteiger partial charge in [-0.05, 0) is 61.0 Å². The zero-order valence-corrected chi connectivity index (χ0v) is 28.7. The topological polar surface area (TPSA) is 138 Å². The molecule has 1 saturated heterocycles. The van der Waals surface area contributed by atoms with Gasteiger partial charge in [0, 0.05) is 49.6 Å². The lowest BCUT2D eigenvalue weighted by Gasteiger charge is -2.38. The molecular weight excluding hydrogens is 669 g/mol. The summed E-state index contributed by atoms with van der Waals surface area (Å²) in [5, 5.41) is 0.335. The van der Waals surface area contributed by atoms with E-state index in [9.17, 15) is 23.9 Å². The Morgan fingerprint density at radius 2 is 1.68 bits per heavy atom. The molecule has 2 heterocycles. The Bertz CT molecular complexity index is 1630. The molecule has 0 radical (unpaired) electrons. The van der Waals surface area contributed by atoms with Crippen molar-refractivity contribution >= 4 is 54.4 Å². The molecule has 5 rings (SSSR count). The molecular formula is C32H37ClN3O9PS. The van der Waals surface area contributed by atoms with E-state index >= 15 is 0 Å². The van der Waals surface area contributed by atoms with E-state index in [0.717, 1.165) is 56.3 Å². The van der Waals surface area contributed by atoms with Crippen molar-refractivity contribution in [3.63, 3.8) is 0 Å². The number of carbonyl (C=O) groups excluding carboxylic acids is 2. The van der Waals surface area contributed by atoms with Gasteiger partial charge in [-0.25, -0.2) is 4.57 Å². The monoisotopic (exact) mass is 705 g/mol. The Hall–Kier alpha value is -3.29. The third kappa shape index (κ3) is 8.06. The highest BCUT2D eigenvalue weighted by atomic mass is 35.5. The number of phosphoric ester groups is 1. The highest BCUT2D eigenvalue weighted by Crippen LogP contribution is 2.59. The number of methoxy groups -OCH3 is 2. The van der Waals surface area contributed by atoms with Crippen molar-refractivity contribution in [2.75, 3.05) is 63.3 Å². The van der Waals surface area contributed by atoms with Crippen LogP contribution in [-0.4, -0.2) is 86.2 Å². The number of para-hydroxylation sites is 2. The second-order valence-corrected chi connectivity index (χ2v) is 13.9. The zero-order valence-electron chi connectivity index (χ0n) is 26.2. The third-order valence-electron chi connectivity index (χ3n) is 7.99. The summed E-state index contributed by atoms with van der Waals surface area (Å²) in [5.74, 6) is -0.233. The number of benzene rings is 3. The molecule has 2 aliphatic rings. The molecule has 0 saturated carbocycles. The summed E-state index contributed by atoms with van der Waals surface area (Å²) in [6.07, 6.45) is -1.21. The van der Waals surface area contributed by atoms with E-state index in [4.69, 9.17) is 30.3 Å². The molecule has 0 bridgehead atoms. The third-order valence-corrected chi connectivity index (χ3v) is 10.3. The number of nitrogens with zero attached hydrogens (tertiary/aromatic N) is 3. The first-order valence-electron chi connectivity index (χ1n) is 14.9. The number of thioether (sulfide) groups is 1. The number of esters is 1. The van der Waals surface area contributed by atoms with E-state index in [0.29, 0.717) is 34.3 Å². The predicted octanol–water partition coefficient (Wildman–Crippen LogP) is 4.90. The van der Waals surface area contributed by atoms with Crippen molar-refractivity contribution in [2.45, 2.75) is 29.3 Å². The molecule has 2 atom stereocenters. The van der Waals surface area contributed by atoms with Crippen LogP contribution in [0, 0.1) is 0 Å². The van der Waals surface area contributed by atoms with Crippen molar-refractivity contribution in [3.8, 4) is 11.5 Å². The number of carbonyl (C=O) groups is 2. The molecule has 47 heavy (non-hydrogen) atoms. The predicted molar refractivity (Wildman–Crippen MR) is 179 cm³/mol. The standard InChI is InChI=1S/C32H37ClN3O9PS/c1-22(37)44-30-31(38)36(16-6-15-34-17-19-35(20-18-34)26-7-4-5-8-28(26)43-3)27-14-11-24(33)21-29(27)47-32(30,45-46(39,40)41)23-9-12-25(42-2)13-10-23/h4-5,7-14,21,30H,6,15-20H2,1-3H3,(H2,39,40,41)/t30?,32-/m1/s1. The van der Waals surface area contributed by atoms with Crippen LogP contribution < -0.4 is 19.3 Å². The van der Waals surface area contributed by atoms with Gasteiger partial charge in [0.05, 0.1) is 25.6 Å². The molecule has 2 N–H and O–H groups in total. The van der Waals surface area contributed by atoms with Crippen LogP contribution in [0.3, 0.4) is 0 Å². The van der Waals surface area contributed by atoms with Gasteiger partial charge >= 0.3 is 13.8 Å². The minimum atomic E-state index is -5.29. The van der Waals surface area contributed by atoms with Crippen molar-refractivity contribution in [1.82, 2.24) is 4.90 Å². The fourth-order valence-electron chi connectivity index (χ4n) is 5.84. The first-order chi connectivity index (χ1) is 22.4. The van der Waals surface area contributed by atoms with Crippen molar-refractivity contribution in [3.05, 3.63) is 77.3 Å². The average molecular weight is 706 g/mol. The van der Waals surface area contributed by atoms with Gasteiger partial charge in [0.2, 0.25) is 11.0 Å². The summed E-state index contributed by atoms with van der Waals surface area (Å²) in [6.45, 7) is 5.26. The number of hydrogen-bond donors (Lipinski definition) is 2. The van der Waals surface area contributed by atoms with Crippen LogP contribution in [0.15, 0.2) is 71.6 Å². The van der Waals surface area contributed by atoms with Crippen LogP contribution in [0.4, 0.5) is 11.4 Å². The Kier molecular flexibility index (Phi) is 11.1. The average Bonchev–Trinajstić information content (AvgIpc) is 3.13. The van der Waals surface area contributed by atoms with Crippen LogP contribution in [0.1, 0.15) is 18.9 Å². The SMILES string of the molecule is COc1ccc([C@@]2(OP(=O)(O)O)Sc3cc(Cl)ccc3N(CCCN3CCN(c4ccccc4OC)CC3)C(=O)C2OC(C)=O)cc1. The van der Waals surface area contributed by atoms with Crippen molar-refractivity contribution in [1.29, 1.82) is 0 Å². The summed E-state index contributed by atoms with van der Waals surface area (Å²) < 4.78 is 34.4. The van der Waals surface area contributed by atoms with Gasteiger partial charge in [-0.2, -0.15) is 0 Å². The maximum absolute atomic E-state index is 14.5. The Morgan fingerprint density at radius 3 is 2.32 bits per heavy atom. The number of phosphoric acid groups is 1.